The molecule has 0 unspecified atom stereocenters. The lowest BCUT2D eigenvalue weighted by Crippen LogP contribution is -2.28. The summed E-state index contributed by atoms with van der Waals surface area (Å²) in [5, 5.41) is 14.5. The molecule has 0 bridgehead atoms. The highest BCUT2D eigenvalue weighted by molar-refractivity contribution is 5.97. The molecule has 186 valence electrons. The number of nitrogens with one attached hydrogen (secondary N) is 2. The van der Waals surface area contributed by atoms with E-state index in [1.54, 1.807) is 57.3 Å². The molecule has 0 radical (unpaired) electrons. The molecule has 9 heteroatoms. The van der Waals surface area contributed by atoms with Crippen LogP contribution in [0.3, 0.4) is 0 Å². The summed E-state index contributed by atoms with van der Waals surface area (Å²) in [5.74, 6) is -1.35. The Labute approximate surface area is 208 Å². The van der Waals surface area contributed by atoms with Crippen molar-refractivity contribution in [1.82, 2.24) is 10.3 Å². The van der Waals surface area contributed by atoms with Gasteiger partial charge >= 0.3 is 18.2 Å². The summed E-state index contributed by atoms with van der Waals surface area (Å²) < 4.78 is 10.4. The van der Waals surface area contributed by atoms with Crippen LogP contribution in [0, 0.1) is 0 Å². The van der Waals surface area contributed by atoms with Gasteiger partial charge in [0.05, 0.1) is 0 Å². The monoisotopic (exact) mass is 489 g/mol. The van der Waals surface area contributed by atoms with Crippen molar-refractivity contribution in [2.45, 2.75) is 33.0 Å². The minimum atomic E-state index is -1.40. The van der Waals surface area contributed by atoms with Crippen molar-refractivity contribution in [2.75, 3.05) is 5.32 Å². The molecule has 3 N–H and O–H groups in total. The first-order chi connectivity index (χ1) is 17.1. The molecule has 0 spiro atoms. The number of rotatable bonds is 7. The third kappa shape index (κ3) is 7.98. The number of hydrogen-bond donors (Lipinski definition) is 3. The van der Waals surface area contributed by atoms with Crippen molar-refractivity contribution in [3.63, 3.8) is 0 Å². The van der Waals surface area contributed by atoms with E-state index in [-0.39, 0.29) is 18.0 Å². The minimum absolute atomic E-state index is 0.0317. The smallest absolute Gasteiger partial charge is 0.413 e. The van der Waals surface area contributed by atoms with Crippen LogP contribution in [0.2, 0.25) is 0 Å². The zero-order valence-electron chi connectivity index (χ0n) is 20.1. The summed E-state index contributed by atoms with van der Waals surface area (Å²) in [6.45, 7) is 5.11. The molecule has 1 heterocycles. The molecule has 36 heavy (non-hydrogen) atoms. The van der Waals surface area contributed by atoms with Crippen LogP contribution in [0.15, 0.2) is 78.6 Å². The van der Waals surface area contributed by atoms with E-state index in [4.69, 9.17) is 9.47 Å². The highest BCUT2D eigenvalue weighted by atomic mass is 16.6. The average molecular weight is 490 g/mol. The number of aliphatic carboxylic acids is 1. The van der Waals surface area contributed by atoms with Gasteiger partial charge in [-0.25, -0.2) is 19.4 Å². The number of carboxylic acids is 1. The Morgan fingerprint density at radius 3 is 2.19 bits per heavy atom. The van der Waals surface area contributed by atoms with Gasteiger partial charge in [-0.2, -0.15) is 0 Å². The Balaban J connectivity index is 1.90. The van der Waals surface area contributed by atoms with E-state index in [2.05, 4.69) is 15.6 Å². The number of pyridine rings is 1. The number of carbonyl (C=O) groups is 3. The lowest BCUT2D eigenvalue weighted by atomic mass is 10.0. The third-order valence-corrected chi connectivity index (χ3v) is 4.62. The van der Waals surface area contributed by atoms with Crippen LogP contribution < -0.4 is 10.6 Å². The molecule has 2 amide bonds. The second kappa shape index (κ2) is 11.7. The van der Waals surface area contributed by atoms with Gasteiger partial charge in [-0.1, -0.05) is 60.7 Å². The number of nitrogens with zero attached hydrogens (tertiary/aromatic N) is 1. The molecule has 0 atom stereocenters. The Morgan fingerprint density at radius 2 is 1.58 bits per heavy atom. The fraction of sp³-hybridized carbons (Fsp3) is 0.185. The SMILES string of the molecule is CC(C)(C)OC(=O)Nc1ncc(-c2ccccc2)cc1C=C(NC(=O)OCc1ccccc1)C(=O)O. The number of aromatic nitrogens is 1. The molecule has 1 aromatic heterocycles. The van der Waals surface area contributed by atoms with Crippen LogP contribution in [0.25, 0.3) is 17.2 Å². The van der Waals surface area contributed by atoms with Crippen molar-refractivity contribution in [3.05, 3.63) is 89.8 Å². The van der Waals surface area contributed by atoms with Gasteiger partial charge < -0.3 is 14.6 Å². The first kappa shape index (κ1) is 26.0. The molecular formula is C27H27N3O6. The average Bonchev–Trinajstić information content (AvgIpc) is 2.83. The van der Waals surface area contributed by atoms with Gasteiger partial charge in [-0.15, -0.1) is 0 Å². The fourth-order valence-electron chi connectivity index (χ4n) is 3.06. The number of anilines is 1. The number of amides is 2. The van der Waals surface area contributed by atoms with Crippen molar-refractivity contribution >= 4 is 30.0 Å². The van der Waals surface area contributed by atoms with E-state index in [1.165, 1.54) is 6.08 Å². The van der Waals surface area contributed by atoms with Crippen molar-refractivity contribution in [1.29, 1.82) is 0 Å². The molecule has 0 saturated carbocycles. The van der Waals surface area contributed by atoms with E-state index in [0.717, 1.165) is 11.1 Å². The molecule has 2 aromatic carbocycles. The topological polar surface area (TPSA) is 127 Å². The van der Waals surface area contributed by atoms with E-state index >= 15 is 0 Å². The Morgan fingerprint density at radius 1 is 0.944 bits per heavy atom. The van der Waals surface area contributed by atoms with Gasteiger partial charge in [0, 0.05) is 17.3 Å². The second-order valence-corrected chi connectivity index (χ2v) is 8.70. The van der Waals surface area contributed by atoms with Crippen LogP contribution in [0.4, 0.5) is 15.4 Å². The van der Waals surface area contributed by atoms with Gasteiger partial charge in [-0.05, 0) is 44.0 Å². The molecule has 9 nitrogen and oxygen atoms in total. The van der Waals surface area contributed by atoms with E-state index in [9.17, 15) is 19.5 Å². The third-order valence-electron chi connectivity index (χ3n) is 4.62. The minimum Gasteiger partial charge on any atom is -0.477 e. The quantitative estimate of drug-likeness (QED) is 0.377. The summed E-state index contributed by atoms with van der Waals surface area (Å²) in [6.07, 6.45) is 1.03. The number of benzene rings is 2. The van der Waals surface area contributed by atoms with Gasteiger partial charge in [0.25, 0.3) is 0 Å². The number of ether oxygens (including phenoxy) is 2. The van der Waals surface area contributed by atoms with Gasteiger partial charge in [0.1, 0.15) is 23.7 Å². The van der Waals surface area contributed by atoms with Crippen LogP contribution in [-0.2, 0) is 20.9 Å². The first-order valence-electron chi connectivity index (χ1n) is 11.1. The van der Waals surface area contributed by atoms with Gasteiger partial charge in [0.2, 0.25) is 0 Å². The molecule has 0 aliphatic heterocycles. The first-order valence-corrected chi connectivity index (χ1v) is 11.1. The van der Waals surface area contributed by atoms with Crippen molar-refractivity contribution in [3.8, 4) is 11.1 Å². The lowest BCUT2D eigenvalue weighted by Gasteiger charge is -2.20. The summed E-state index contributed by atoms with van der Waals surface area (Å²) in [7, 11) is 0. The van der Waals surface area contributed by atoms with Gasteiger partial charge in [-0.3, -0.25) is 10.6 Å². The molecule has 0 saturated heterocycles. The Kier molecular flexibility index (Phi) is 8.40. The lowest BCUT2D eigenvalue weighted by molar-refractivity contribution is -0.132. The fourth-order valence-corrected chi connectivity index (χ4v) is 3.06. The zero-order valence-corrected chi connectivity index (χ0v) is 20.1. The van der Waals surface area contributed by atoms with Crippen molar-refractivity contribution in [2.24, 2.45) is 0 Å². The molecular weight excluding hydrogens is 462 g/mol. The molecule has 0 aliphatic rings. The standard InChI is InChI=1S/C27H27N3O6/c1-27(2,3)36-26(34)30-23-20(14-21(16-28-23)19-12-8-5-9-13-19)15-22(24(31)32)29-25(33)35-17-18-10-6-4-7-11-18/h4-16H,17H2,1-3H3,(H,29,33)(H,31,32)(H,28,30,34). The predicted molar refractivity (Wildman–Crippen MR) is 135 cm³/mol. The maximum atomic E-state index is 12.4. The maximum Gasteiger partial charge on any atom is 0.413 e. The van der Waals surface area contributed by atoms with Crippen LogP contribution in [0.5, 0.6) is 0 Å². The summed E-state index contributed by atoms with van der Waals surface area (Å²) in [6, 6.07) is 19.9. The van der Waals surface area contributed by atoms with Crippen molar-refractivity contribution < 1.29 is 29.0 Å². The van der Waals surface area contributed by atoms with Crippen LogP contribution in [0.1, 0.15) is 31.9 Å². The Bertz CT molecular complexity index is 1250. The zero-order chi connectivity index (χ0) is 26.1. The second-order valence-electron chi connectivity index (χ2n) is 8.70. The van der Waals surface area contributed by atoms with Crippen LogP contribution >= 0.6 is 0 Å². The normalized spacial score (nSPS) is 11.4. The number of carboxylic acid groups (broad SMARTS) is 1. The summed E-state index contributed by atoms with van der Waals surface area (Å²) >= 11 is 0. The predicted octanol–water partition coefficient (Wildman–Crippen LogP) is 5.45. The van der Waals surface area contributed by atoms with Gasteiger partial charge in [0.15, 0.2) is 0 Å². The highest BCUT2D eigenvalue weighted by Gasteiger charge is 2.19. The molecule has 0 fully saturated rings. The molecule has 3 rings (SSSR count). The molecule has 3 aromatic rings. The number of hydrogen-bond acceptors (Lipinski definition) is 6. The molecule has 0 aliphatic carbocycles. The summed E-state index contributed by atoms with van der Waals surface area (Å²) in [4.78, 5) is 40.9. The largest absolute Gasteiger partial charge is 0.477 e. The van der Waals surface area contributed by atoms with Crippen LogP contribution in [-0.4, -0.2) is 33.8 Å². The van der Waals surface area contributed by atoms with E-state index in [1.807, 2.05) is 36.4 Å². The number of alkyl carbamates (subject to hydrolysis) is 1. The summed E-state index contributed by atoms with van der Waals surface area (Å²) in [5.41, 5.74) is 1.27. The Hall–Kier alpha value is -4.66. The number of carbonyl (C=O) groups excluding carboxylic acids is 2. The van der Waals surface area contributed by atoms with E-state index in [0.29, 0.717) is 5.56 Å². The van der Waals surface area contributed by atoms with E-state index < -0.39 is 29.5 Å². The highest BCUT2D eigenvalue weighted by Crippen LogP contribution is 2.25. The maximum absolute atomic E-state index is 12.4.